The Morgan fingerprint density at radius 3 is 2.43 bits per heavy atom. The van der Waals surface area contributed by atoms with Crippen LogP contribution in [0, 0.1) is 0 Å². The number of amides is 2. The maximum atomic E-state index is 14.0. The fourth-order valence-electron chi connectivity index (χ4n) is 5.78. The first-order valence-corrected chi connectivity index (χ1v) is 16.3. The Morgan fingerprint density at radius 2 is 1.73 bits per heavy atom. The number of halogens is 3. The number of para-hydroxylation sites is 2. The summed E-state index contributed by atoms with van der Waals surface area (Å²) in [5, 5.41) is 4.46. The number of aromatic nitrogens is 3. The monoisotopic (exact) mass is 700 g/mol. The van der Waals surface area contributed by atoms with Gasteiger partial charge in [-0.15, -0.1) is 11.3 Å². The van der Waals surface area contributed by atoms with Crippen molar-refractivity contribution >= 4 is 51.8 Å². The topological polar surface area (TPSA) is 136 Å². The summed E-state index contributed by atoms with van der Waals surface area (Å²) in [6, 6.07) is 13.5. The second-order valence-electron chi connectivity index (χ2n) is 11.7. The maximum Gasteiger partial charge on any atom is 0.449 e. The zero-order valence-electron chi connectivity index (χ0n) is 27.2. The molecule has 1 aliphatic rings. The third-order valence-electron chi connectivity index (χ3n) is 7.91. The summed E-state index contributed by atoms with van der Waals surface area (Å²) < 4.78 is 53.0. The lowest BCUT2D eigenvalue weighted by Gasteiger charge is -2.32. The third kappa shape index (κ3) is 8.18. The van der Waals surface area contributed by atoms with Gasteiger partial charge in [0.15, 0.2) is 0 Å². The van der Waals surface area contributed by atoms with Gasteiger partial charge in [-0.05, 0) is 42.7 Å². The summed E-state index contributed by atoms with van der Waals surface area (Å²) >= 11 is 1.09. The van der Waals surface area contributed by atoms with Crippen molar-refractivity contribution in [3.05, 3.63) is 76.0 Å². The number of alkyl halides is 3. The molecular formula is C33H35F3N6O6S. The van der Waals surface area contributed by atoms with Gasteiger partial charge in [-0.25, -0.2) is 9.97 Å². The van der Waals surface area contributed by atoms with Crippen LogP contribution in [0.5, 0.6) is 0 Å². The number of rotatable bonds is 11. The van der Waals surface area contributed by atoms with Gasteiger partial charge in [-0.3, -0.25) is 19.2 Å². The molecule has 1 unspecified atom stereocenters. The highest BCUT2D eigenvalue weighted by Crippen LogP contribution is 2.35. The molecule has 12 nitrogen and oxygen atoms in total. The minimum Gasteiger partial charge on any atom is -0.448 e. The first-order chi connectivity index (χ1) is 23.2. The van der Waals surface area contributed by atoms with Gasteiger partial charge in [-0.1, -0.05) is 24.3 Å². The maximum absolute atomic E-state index is 14.0. The molecule has 260 valence electrons. The number of anilines is 1. The molecule has 3 heterocycles. The Bertz CT molecular complexity index is 1860. The van der Waals surface area contributed by atoms with Crippen LogP contribution in [0.3, 0.4) is 0 Å². The number of carbonyl (C=O) groups is 4. The minimum atomic E-state index is -4.70. The molecule has 49 heavy (non-hydrogen) atoms. The van der Waals surface area contributed by atoms with Crippen molar-refractivity contribution < 1.29 is 41.8 Å². The van der Waals surface area contributed by atoms with Crippen LogP contribution in [-0.2, 0) is 47.9 Å². The molecule has 0 spiro atoms. The number of carbonyl (C=O) groups excluding carboxylic acids is 4. The van der Waals surface area contributed by atoms with Gasteiger partial charge in [0.1, 0.15) is 5.01 Å². The van der Waals surface area contributed by atoms with Crippen LogP contribution >= 0.6 is 11.3 Å². The second kappa shape index (κ2) is 14.6. The van der Waals surface area contributed by atoms with Crippen LogP contribution < -0.4 is 10.2 Å². The number of hydrogen-bond donors (Lipinski definition) is 1. The number of thiazole rings is 1. The molecule has 1 aliphatic heterocycles. The zero-order chi connectivity index (χ0) is 35.5. The molecule has 0 radical (unpaired) electrons. The van der Waals surface area contributed by atoms with E-state index in [1.807, 2.05) is 43.3 Å². The number of esters is 2. The molecule has 0 bridgehead atoms. The average molecular weight is 701 g/mol. The highest BCUT2D eigenvalue weighted by atomic mass is 32.1. The quantitative estimate of drug-likeness (QED) is 0.225. The number of nitrogens with zero attached hydrogens (tertiary/aromatic N) is 5. The molecule has 4 aromatic rings. The van der Waals surface area contributed by atoms with E-state index >= 15 is 0 Å². The predicted octanol–water partition coefficient (Wildman–Crippen LogP) is 4.47. The highest BCUT2D eigenvalue weighted by Gasteiger charge is 2.44. The normalized spacial score (nSPS) is 15.9. The molecule has 1 N–H and O–H groups in total. The van der Waals surface area contributed by atoms with E-state index in [1.165, 1.54) is 17.0 Å². The number of ether oxygens (including phenoxy) is 2. The summed E-state index contributed by atoms with van der Waals surface area (Å²) in [5.74, 6) is -4.42. The van der Waals surface area contributed by atoms with Crippen LogP contribution in [0.2, 0.25) is 0 Å². The van der Waals surface area contributed by atoms with E-state index in [-0.39, 0.29) is 30.2 Å². The largest absolute Gasteiger partial charge is 0.449 e. The second-order valence-corrected chi connectivity index (χ2v) is 12.6. The molecule has 0 aliphatic carbocycles. The van der Waals surface area contributed by atoms with Crippen LogP contribution in [0.1, 0.15) is 54.8 Å². The van der Waals surface area contributed by atoms with Crippen molar-refractivity contribution in [1.29, 1.82) is 0 Å². The molecule has 3 atom stereocenters. The van der Waals surface area contributed by atoms with E-state index in [9.17, 15) is 32.3 Å². The summed E-state index contributed by atoms with van der Waals surface area (Å²) in [6.07, 6.45) is -7.01. The molecule has 1 fully saturated rings. The number of likely N-dealkylation sites (tertiary alicyclic amines) is 1. The zero-order valence-corrected chi connectivity index (χ0v) is 28.0. The van der Waals surface area contributed by atoms with Crippen LogP contribution in [0.4, 0.5) is 18.9 Å². The van der Waals surface area contributed by atoms with E-state index in [0.717, 1.165) is 41.0 Å². The third-order valence-corrected chi connectivity index (χ3v) is 8.81. The molecule has 16 heteroatoms. The lowest BCUT2D eigenvalue weighted by atomic mass is 10.0. The van der Waals surface area contributed by atoms with Crippen molar-refractivity contribution in [2.24, 2.45) is 0 Å². The minimum absolute atomic E-state index is 0.188. The Morgan fingerprint density at radius 1 is 1.02 bits per heavy atom. The van der Waals surface area contributed by atoms with Crippen LogP contribution in [0.25, 0.3) is 11.0 Å². The molecule has 0 saturated carbocycles. The van der Waals surface area contributed by atoms with Gasteiger partial charge in [0.05, 0.1) is 35.9 Å². The number of nitrogens with one attached hydrogen (secondary N) is 1. The standard InChI is InChI=1S/C33H35F3N6O6S/c1-19(43)47-28(29(48-20(2)44)31(46)41-14-8-13-25(41)21-9-7-10-23(15-21)40(3)4)30(45)37-16-27-38-22(18-49-27)17-42-26-12-6-5-11-24(26)39-32(42)33(34,35)36/h5-7,9-12,15,18,25,28-29H,8,13-14,16-17H2,1-4H3,(H,37,45)/t25?,28-,29-/m1/s1. The van der Waals surface area contributed by atoms with Crippen molar-refractivity contribution in [2.75, 3.05) is 25.5 Å². The smallest absolute Gasteiger partial charge is 0.448 e. The Hall–Kier alpha value is -4.99. The summed E-state index contributed by atoms with van der Waals surface area (Å²) in [5.41, 5.74) is 2.56. The van der Waals surface area contributed by atoms with E-state index in [0.29, 0.717) is 30.1 Å². The molecule has 2 aromatic carbocycles. The fraction of sp³-hybridized carbons (Fsp3) is 0.394. The Balaban J connectivity index is 1.33. The van der Waals surface area contributed by atoms with E-state index in [2.05, 4.69) is 15.3 Å². The van der Waals surface area contributed by atoms with Gasteiger partial charge < -0.3 is 29.2 Å². The molecule has 2 aromatic heterocycles. The Kier molecular flexibility index (Phi) is 10.6. The first-order valence-electron chi connectivity index (χ1n) is 15.4. The van der Waals surface area contributed by atoms with Crippen molar-refractivity contribution in [3.63, 3.8) is 0 Å². The molecular weight excluding hydrogens is 665 g/mol. The van der Waals surface area contributed by atoms with Crippen molar-refractivity contribution in [2.45, 2.75) is 64.2 Å². The van der Waals surface area contributed by atoms with Gasteiger partial charge in [0, 0.05) is 45.6 Å². The van der Waals surface area contributed by atoms with Crippen LogP contribution in [-0.4, -0.2) is 76.0 Å². The number of fused-ring (bicyclic) bond motifs is 1. The molecule has 2 amide bonds. The SMILES string of the molecule is CC(=O)O[C@@H](C(=O)NCc1nc(Cn2c(C(F)(F)F)nc3ccccc32)cs1)[C@@H](OC(C)=O)C(=O)N1CCCC1c1cccc(N(C)C)c1. The van der Waals surface area contributed by atoms with Gasteiger partial charge in [0.2, 0.25) is 18.0 Å². The fourth-order valence-corrected chi connectivity index (χ4v) is 6.51. The van der Waals surface area contributed by atoms with Gasteiger partial charge in [-0.2, -0.15) is 13.2 Å². The number of benzene rings is 2. The van der Waals surface area contributed by atoms with Crippen molar-refractivity contribution in [3.8, 4) is 0 Å². The molecule has 1 saturated heterocycles. The average Bonchev–Trinajstić information content (AvgIpc) is 3.80. The highest BCUT2D eigenvalue weighted by molar-refractivity contribution is 7.09. The van der Waals surface area contributed by atoms with E-state index in [4.69, 9.17) is 9.47 Å². The predicted molar refractivity (Wildman–Crippen MR) is 173 cm³/mol. The van der Waals surface area contributed by atoms with Crippen LogP contribution in [0.15, 0.2) is 53.9 Å². The van der Waals surface area contributed by atoms with Gasteiger partial charge in [0.25, 0.3) is 11.8 Å². The summed E-state index contributed by atoms with van der Waals surface area (Å²) in [6.45, 7) is 2.03. The number of hydrogen-bond acceptors (Lipinski definition) is 10. The lowest BCUT2D eigenvalue weighted by Crippen LogP contribution is -2.53. The van der Waals surface area contributed by atoms with E-state index in [1.54, 1.807) is 17.5 Å². The van der Waals surface area contributed by atoms with E-state index < -0.39 is 48.0 Å². The summed E-state index contributed by atoms with van der Waals surface area (Å²) in [4.78, 5) is 63.4. The molecule has 5 rings (SSSR count). The van der Waals surface area contributed by atoms with Crippen molar-refractivity contribution in [1.82, 2.24) is 24.8 Å². The van der Waals surface area contributed by atoms with Gasteiger partial charge >= 0.3 is 18.1 Å². The lowest BCUT2D eigenvalue weighted by molar-refractivity contribution is -0.178. The summed E-state index contributed by atoms with van der Waals surface area (Å²) in [7, 11) is 3.79. The number of imidazole rings is 1. The Labute approximate surface area is 283 Å². The first kappa shape index (κ1) is 35.3.